The Balaban J connectivity index is 2.34. The molecule has 0 amide bonds. The van der Waals surface area contributed by atoms with E-state index in [4.69, 9.17) is 14.6 Å². The molecule has 7 heteroatoms. The van der Waals surface area contributed by atoms with Gasteiger partial charge in [-0.15, -0.1) is 0 Å². The number of rotatable bonds is 3. The third kappa shape index (κ3) is 2.24. The molecule has 1 aromatic heterocycles. The van der Waals surface area contributed by atoms with Crippen molar-refractivity contribution in [2.24, 2.45) is 0 Å². The van der Waals surface area contributed by atoms with E-state index in [1.807, 2.05) is 0 Å². The number of methoxy groups -OCH3 is 1. The van der Waals surface area contributed by atoms with Gasteiger partial charge in [-0.05, 0) is 6.92 Å². The van der Waals surface area contributed by atoms with E-state index in [0.717, 1.165) is 0 Å². The molecule has 1 fully saturated rings. The topological polar surface area (TPSA) is 93.8 Å². The molecule has 2 heterocycles. The summed E-state index contributed by atoms with van der Waals surface area (Å²) in [7, 11) is 1.41. The predicted molar refractivity (Wildman–Crippen MR) is 61.4 cm³/mol. The number of nitrogens with zero attached hydrogens (tertiary/aromatic N) is 2. The van der Waals surface area contributed by atoms with Crippen LogP contribution in [-0.2, 0) is 4.74 Å². The summed E-state index contributed by atoms with van der Waals surface area (Å²) in [6.45, 7) is 1.38. The zero-order chi connectivity index (χ0) is 13.3. The highest BCUT2D eigenvalue weighted by Crippen LogP contribution is 2.30. The van der Waals surface area contributed by atoms with E-state index >= 15 is 0 Å². The second-order valence-electron chi connectivity index (χ2n) is 4.24. The van der Waals surface area contributed by atoms with E-state index in [1.165, 1.54) is 7.11 Å². The van der Waals surface area contributed by atoms with Crippen LogP contribution in [0.1, 0.15) is 18.2 Å². The molecule has 0 spiro atoms. The summed E-state index contributed by atoms with van der Waals surface area (Å²) >= 11 is 0. The largest absolute Gasteiger partial charge is 0.468 e. The van der Waals surface area contributed by atoms with Gasteiger partial charge in [-0.2, -0.15) is 4.98 Å². The lowest BCUT2D eigenvalue weighted by Gasteiger charge is -2.18. The third-order valence-electron chi connectivity index (χ3n) is 2.97. The van der Waals surface area contributed by atoms with Gasteiger partial charge in [0.05, 0.1) is 19.8 Å². The second kappa shape index (κ2) is 5.05. The van der Waals surface area contributed by atoms with E-state index in [9.17, 15) is 9.90 Å². The molecule has 0 aliphatic carbocycles. The molecule has 7 nitrogen and oxygen atoms in total. The quantitative estimate of drug-likeness (QED) is 0.735. The summed E-state index contributed by atoms with van der Waals surface area (Å²) in [5, 5.41) is 18.7. The molecule has 0 aromatic carbocycles. The maximum Gasteiger partial charge on any atom is 0.301 e. The Labute approximate surface area is 104 Å². The maximum absolute atomic E-state index is 11.4. The fourth-order valence-electron chi connectivity index (χ4n) is 1.96. The van der Waals surface area contributed by atoms with E-state index in [2.05, 4.69) is 4.98 Å². The fourth-order valence-corrected chi connectivity index (χ4v) is 1.96. The number of hydrogen-bond acceptors (Lipinski definition) is 6. The summed E-state index contributed by atoms with van der Waals surface area (Å²) in [4.78, 5) is 15.2. The van der Waals surface area contributed by atoms with Crippen molar-refractivity contribution in [3.8, 4) is 6.01 Å². The standard InChI is InChI=1S/C11H16N2O5/c1-6-4-13(11(17-2)12-10(6)16)9-3-7(15)8(5-14)18-9/h4,7-9,14-15H,3,5H2,1-2H3/t7-,8+,9+/m1/s1. The fraction of sp³-hybridized carbons (Fsp3) is 0.636. The minimum absolute atomic E-state index is 0.126. The molecule has 0 unspecified atom stereocenters. The Hall–Kier alpha value is -1.44. The second-order valence-corrected chi connectivity index (χ2v) is 4.24. The van der Waals surface area contributed by atoms with Crippen LogP contribution in [0.3, 0.4) is 0 Å². The first-order valence-corrected chi connectivity index (χ1v) is 5.65. The van der Waals surface area contributed by atoms with E-state index in [-0.39, 0.29) is 18.2 Å². The molecule has 0 radical (unpaired) electrons. The van der Waals surface area contributed by atoms with Gasteiger partial charge in [-0.25, -0.2) is 0 Å². The van der Waals surface area contributed by atoms with Crippen LogP contribution in [0.5, 0.6) is 6.01 Å². The van der Waals surface area contributed by atoms with Crippen LogP contribution in [0.2, 0.25) is 0 Å². The van der Waals surface area contributed by atoms with Crippen molar-refractivity contribution >= 4 is 0 Å². The van der Waals surface area contributed by atoms with E-state index in [1.54, 1.807) is 17.7 Å². The molecule has 1 saturated heterocycles. The molecule has 2 rings (SSSR count). The lowest BCUT2D eigenvalue weighted by atomic mass is 10.2. The van der Waals surface area contributed by atoms with Crippen LogP contribution < -0.4 is 10.3 Å². The Bertz CT molecular complexity index is 487. The van der Waals surface area contributed by atoms with E-state index in [0.29, 0.717) is 12.0 Å². The Morgan fingerprint density at radius 1 is 1.67 bits per heavy atom. The zero-order valence-corrected chi connectivity index (χ0v) is 10.2. The Morgan fingerprint density at radius 2 is 2.39 bits per heavy atom. The Morgan fingerprint density at radius 3 is 2.94 bits per heavy atom. The monoisotopic (exact) mass is 256 g/mol. The molecule has 1 aliphatic heterocycles. The minimum atomic E-state index is -0.746. The summed E-state index contributed by atoms with van der Waals surface area (Å²) < 4.78 is 12.1. The number of aliphatic hydroxyl groups excluding tert-OH is 2. The van der Waals surface area contributed by atoms with Gasteiger partial charge >= 0.3 is 6.01 Å². The molecule has 1 aromatic rings. The van der Waals surface area contributed by atoms with Gasteiger partial charge in [0.15, 0.2) is 0 Å². The van der Waals surface area contributed by atoms with Crippen molar-refractivity contribution in [1.82, 2.24) is 9.55 Å². The van der Waals surface area contributed by atoms with Crippen molar-refractivity contribution in [2.45, 2.75) is 31.8 Å². The van der Waals surface area contributed by atoms with Crippen LogP contribution in [-0.4, -0.2) is 45.7 Å². The summed E-state index contributed by atoms with van der Waals surface area (Å²) in [6.07, 6.45) is 0.0134. The average molecular weight is 256 g/mol. The summed E-state index contributed by atoms with van der Waals surface area (Å²) in [5.74, 6) is 0. The lowest BCUT2D eigenvalue weighted by molar-refractivity contribution is -0.0470. The number of ether oxygens (including phenoxy) is 2. The van der Waals surface area contributed by atoms with Crippen LogP contribution in [0.15, 0.2) is 11.0 Å². The van der Waals surface area contributed by atoms with Crippen LogP contribution in [0.25, 0.3) is 0 Å². The first-order chi connectivity index (χ1) is 8.56. The van der Waals surface area contributed by atoms with Gasteiger partial charge in [0, 0.05) is 18.2 Å². The van der Waals surface area contributed by atoms with Crippen molar-refractivity contribution in [2.75, 3.05) is 13.7 Å². The number of hydrogen-bond donors (Lipinski definition) is 2. The summed E-state index contributed by atoms with van der Waals surface area (Å²) in [6, 6.07) is 0.126. The van der Waals surface area contributed by atoms with Gasteiger partial charge in [0.1, 0.15) is 12.3 Å². The average Bonchev–Trinajstić information content (AvgIpc) is 2.73. The van der Waals surface area contributed by atoms with Crippen LogP contribution >= 0.6 is 0 Å². The molecule has 3 atom stereocenters. The first-order valence-electron chi connectivity index (χ1n) is 5.65. The van der Waals surface area contributed by atoms with Gasteiger partial charge in [-0.1, -0.05) is 0 Å². The molecule has 0 bridgehead atoms. The number of aromatic nitrogens is 2. The smallest absolute Gasteiger partial charge is 0.301 e. The molecular formula is C11H16N2O5. The van der Waals surface area contributed by atoms with Crippen molar-refractivity contribution in [3.63, 3.8) is 0 Å². The minimum Gasteiger partial charge on any atom is -0.468 e. The molecular weight excluding hydrogens is 240 g/mol. The Kier molecular flexibility index (Phi) is 3.65. The normalized spacial score (nSPS) is 27.4. The zero-order valence-electron chi connectivity index (χ0n) is 10.2. The maximum atomic E-state index is 11.4. The van der Waals surface area contributed by atoms with Gasteiger partial charge in [-0.3, -0.25) is 9.36 Å². The lowest BCUT2D eigenvalue weighted by Crippen LogP contribution is -2.24. The van der Waals surface area contributed by atoms with Crippen LogP contribution in [0, 0.1) is 6.92 Å². The SMILES string of the molecule is COc1nc(=O)c(C)cn1[C@@H]1C[C@@H](O)[C@H](CO)O1. The van der Waals surface area contributed by atoms with Gasteiger partial charge in [0.2, 0.25) is 0 Å². The summed E-state index contributed by atoms with van der Waals surface area (Å²) in [5.41, 5.74) is 0.0988. The molecule has 1 aliphatic rings. The number of aliphatic hydroxyl groups is 2. The number of aryl methyl sites for hydroxylation is 1. The molecule has 100 valence electrons. The van der Waals surface area contributed by atoms with Crippen LogP contribution in [0.4, 0.5) is 0 Å². The third-order valence-corrected chi connectivity index (χ3v) is 2.97. The van der Waals surface area contributed by atoms with Crippen molar-refractivity contribution in [1.29, 1.82) is 0 Å². The van der Waals surface area contributed by atoms with Crippen molar-refractivity contribution in [3.05, 3.63) is 22.1 Å². The predicted octanol–water partition coefficient (Wildman–Crippen LogP) is -0.799. The van der Waals surface area contributed by atoms with E-state index < -0.39 is 18.4 Å². The van der Waals surface area contributed by atoms with Crippen molar-refractivity contribution < 1.29 is 19.7 Å². The van der Waals surface area contributed by atoms with Gasteiger partial charge in [0.25, 0.3) is 5.56 Å². The molecule has 2 N–H and O–H groups in total. The highest BCUT2D eigenvalue weighted by atomic mass is 16.5. The molecule has 0 saturated carbocycles. The first kappa shape index (κ1) is 13.0. The van der Waals surface area contributed by atoms with Gasteiger partial charge < -0.3 is 19.7 Å². The highest BCUT2D eigenvalue weighted by molar-refractivity contribution is 5.09. The molecule has 18 heavy (non-hydrogen) atoms. The highest BCUT2D eigenvalue weighted by Gasteiger charge is 2.35.